The summed E-state index contributed by atoms with van der Waals surface area (Å²) < 4.78 is 9.68. The molecule has 0 aliphatic carbocycles. The fourth-order valence-corrected chi connectivity index (χ4v) is 0.805. The van der Waals surface area contributed by atoms with Gasteiger partial charge >= 0.3 is 5.97 Å². The van der Waals surface area contributed by atoms with Gasteiger partial charge in [-0.1, -0.05) is 0 Å². The van der Waals surface area contributed by atoms with Gasteiger partial charge in [-0.25, -0.2) is 4.79 Å². The van der Waals surface area contributed by atoms with Crippen molar-refractivity contribution >= 4 is 12.0 Å². The van der Waals surface area contributed by atoms with Crippen LogP contribution in [-0.2, 0) is 4.74 Å². The van der Waals surface area contributed by atoms with Crippen LogP contribution in [0.15, 0.2) is 10.7 Å². The number of esters is 1. The summed E-state index contributed by atoms with van der Waals surface area (Å²) in [5.74, 6) is -0.463. The number of anilines is 1. The van der Waals surface area contributed by atoms with Gasteiger partial charge in [0.25, 0.3) is 6.01 Å². The molecular formula is C8H12N2O3. The van der Waals surface area contributed by atoms with Crippen molar-refractivity contribution in [3.05, 3.63) is 12.0 Å². The molecule has 0 atom stereocenters. The van der Waals surface area contributed by atoms with Crippen LogP contribution in [0.1, 0.15) is 24.3 Å². The van der Waals surface area contributed by atoms with Gasteiger partial charge in [-0.2, -0.15) is 4.98 Å². The third kappa shape index (κ3) is 2.47. The number of oxazole rings is 1. The van der Waals surface area contributed by atoms with E-state index in [1.807, 2.05) is 6.92 Å². The van der Waals surface area contributed by atoms with E-state index < -0.39 is 5.97 Å². The van der Waals surface area contributed by atoms with Crippen molar-refractivity contribution in [3.8, 4) is 0 Å². The number of nitrogens with zero attached hydrogens (tertiary/aromatic N) is 1. The minimum absolute atomic E-state index is 0.192. The summed E-state index contributed by atoms with van der Waals surface area (Å²) in [7, 11) is 0. The number of carbonyl (C=O) groups excluding carboxylic acids is 1. The zero-order chi connectivity index (χ0) is 9.68. The van der Waals surface area contributed by atoms with Gasteiger partial charge in [0, 0.05) is 6.54 Å². The highest BCUT2D eigenvalue weighted by atomic mass is 16.5. The van der Waals surface area contributed by atoms with Crippen LogP contribution in [0.2, 0.25) is 0 Å². The molecule has 1 aromatic heterocycles. The Kier molecular flexibility index (Phi) is 3.31. The Morgan fingerprint density at radius 2 is 2.46 bits per heavy atom. The van der Waals surface area contributed by atoms with Crippen LogP contribution in [0, 0.1) is 0 Å². The molecule has 0 aromatic carbocycles. The van der Waals surface area contributed by atoms with Gasteiger partial charge in [0.2, 0.25) is 0 Å². The van der Waals surface area contributed by atoms with E-state index in [1.165, 1.54) is 6.26 Å². The van der Waals surface area contributed by atoms with E-state index in [4.69, 9.17) is 9.15 Å². The maximum absolute atomic E-state index is 11.1. The van der Waals surface area contributed by atoms with Crippen molar-refractivity contribution in [1.82, 2.24) is 4.98 Å². The summed E-state index contributed by atoms with van der Waals surface area (Å²) in [5, 5.41) is 2.84. The van der Waals surface area contributed by atoms with Gasteiger partial charge in [0.15, 0.2) is 5.69 Å². The predicted octanol–water partition coefficient (Wildman–Crippen LogP) is 1.28. The van der Waals surface area contributed by atoms with Crippen LogP contribution in [0.25, 0.3) is 0 Å². The van der Waals surface area contributed by atoms with Crippen molar-refractivity contribution in [2.45, 2.75) is 13.8 Å². The first-order valence-electron chi connectivity index (χ1n) is 4.14. The molecule has 0 bridgehead atoms. The Bertz CT molecular complexity index is 283. The van der Waals surface area contributed by atoms with Crippen molar-refractivity contribution in [2.24, 2.45) is 0 Å². The molecule has 1 rings (SSSR count). The molecule has 13 heavy (non-hydrogen) atoms. The number of ether oxygens (including phenoxy) is 1. The standard InChI is InChI=1S/C8H12N2O3/c1-3-9-8-10-6(5-13-8)7(11)12-4-2/h5H,3-4H2,1-2H3,(H,9,10). The van der Waals surface area contributed by atoms with Crippen LogP contribution in [0.4, 0.5) is 6.01 Å². The van der Waals surface area contributed by atoms with Gasteiger partial charge in [-0.05, 0) is 13.8 Å². The second-order valence-corrected chi connectivity index (χ2v) is 2.29. The van der Waals surface area contributed by atoms with Crippen LogP contribution < -0.4 is 5.32 Å². The highest BCUT2D eigenvalue weighted by molar-refractivity contribution is 5.87. The number of aromatic nitrogens is 1. The van der Waals surface area contributed by atoms with Gasteiger partial charge in [-0.3, -0.25) is 0 Å². The summed E-state index contributed by atoms with van der Waals surface area (Å²) in [6, 6.07) is 0.338. The molecule has 72 valence electrons. The number of hydrogen-bond acceptors (Lipinski definition) is 5. The smallest absolute Gasteiger partial charge is 0.360 e. The molecule has 5 heteroatoms. The van der Waals surface area contributed by atoms with Crippen LogP contribution >= 0.6 is 0 Å². The molecule has 1 aromatic rings. The SMILES string of the molecule is CCNc1nc(C(=O)OCC)co1. The largest absolute Gasteiger partial charge is 0.461 e. The quantitative estimate of drug-likeness (QED) is 0.714. The lowest BCUT2D eigenvalue weighted by Crippen LogP contribution is -2.05. The van der Waals surface area contributed by atoms with E-state index in [0.717, 1.165) is 0 Å². The van der Waals surface area contributed by atoms with E-state index in [-0.39, 0.29) is 5.69 Å². The first-order chi connectivity index (χ1) is 6.27. The zero-order valence-corrected chi connectivity index (χ0v) is 7.66. The molecule has 1 N–H and O–H groups in total. The summed E-state index contributed by atoms with van der Waals surface area (Å²) in [6.45, 7) is 4.68. The summed E-state index contributed by atoms with van der Waals surface area (Å²) in [4.78, 5) is 15.0. The summed E-state index contributed by atoms with van der Waals surface area (Å²) >= 11 is 0. The van der Waals surface area contributed by atoms with E-state index in [9.17, 15) is 4.79 Å². The van der Waals surface area contributed by atoms with E-state index in [2.05, 4.69) is 10.3 Å². The fourth-order valence-electron chi connectivity index (χ4n) is 0.805. The Hall–Kier alpha value is -1.52. The Labute approximate surface area is 76.1 Å². The molecule has 0 radical (unpaired) electrons. The van der Waals surface area contributed by atoms with Crippen molar-refractivity contribution in [2.75, 3.05) is 18.5 Å². The zero-order valence-electron chi connectivity index (χ0n) is 7.66. The third-order valence-electron chi connectivity index (χ3n) is 1.32. The minimum atomic E-state index is -0.463. The molecule has 0 aliphatic heterocycles. The summed E-state index contributed by atoms with van der Waals surface area (Å²) in [5.41, 5.74) is 0.192. The number of carbonyl (C=O) groups is 1. The topological polar surface area (TPSA) is 64.4 Å². The molecule has 0 unspecified atom stereocenters. The summed E-state index contributed by atoms with van der Waals surface area (Å²) in [6.07, 6.45) is 1.27. The average molecular weight is 184 g/mol. The molecule has 0 saturated heterocycles. The number of rotatable bonds is 4. The molecule has 0 aliphatic rings. The first-order valence-corrected chi connectivity index (χ1v) is 4.14. The molecule has 1 heterocycles. The maximum atomic E-state index is 11.1. The lowest BCUT2D eigenvalue weighted by Gasteiger charge is -1.95. The van der Waals surface area contributed by atoms with Crippen LogP contribution in [0.5, 0.6) is 0 Å². The molecular weight excluding hydrogens is 172 g/mol. The number of nitrogens with one attached hydrogen (secondary N) is 1. The van der Waals surface area contributed by atoms with E-state index in [1.54, 1.807) is 6.92 Å². The molecule has 0 saturated carbocycles. The molecule has 0 spiro atoms. The van der Waals surface area contributed by atoms with Gasteiger partial charge in [0.1, 0.15) is 6.26 Å². The lowest BCUT2D eigenvalue weighted by molar-refractivity contribution is 0.0519. The second kappa shape index (κ2) is 4.49. The second-order valence-electron chi connectivity index (χ2n) is 2.29. The maximum Gasteiger partial charge on any atom is 0.360 e. The van der Waals surface area contributed by atoms with Crippen molar-refractivity contribution in [1.29, 1.82) is 0 Å². The van der Waals surface area contributed by atoms with Gasteiger partial charge in [0.05, 0.1) is 6.61 Å². The number of hydrogen-bond donors (Lipinski definition) is 1. The van der Waals surface area contributed by atoms with Crippen LogP contribution in [-0.4, -0.2) is 24.1 Å². The third-order valence-corrected chi connectivity index (χ3v) is 1.32. The normalized spacial score (nSPS) is 9.69. The highest BCUT2D eigenvalue weighted by Crippen LogP contribution is 2.07. The molecule has 0 amide bonds. The van der Waals surface area contributed by atoms with Gasteiger partial charge in [-0.15, -0.1) is 0 Å². The van der Waals surface area contributed by atoms with Crippen LogP contribution in [0.3, 0.4) is 0 Å². The molecule has 5 nitrogen and oxygen atoms in total. The predicted molar refractivity (Wildman–Crippen MR) is 46.6 cm³/mol. The minimum Gasteiger partial charge on any atom is -0.461 e. The van der Waals surface area contributed by atoms with E-state index >= 15 is 0 Å². The lowest BCUT2D eigenvalue weighted by atomic mass is 10.5. The van der Waals surface area contributed by atoms with E-state index in [0.29, 0.717) is 19.2 Å². The first kappa shape index (κ1) is 9.57. The Morgan fingerprint density at radius 1 is 1.69 bits per heavy atom. The average Bonchev–Trinajstić information content (AvgIpc) is 2.54. The highest BCUT2D eigenvalue weighted by Gasteiger charge is 2.11. The monoisotopic (exact) mass is 184 g/mol. The Balaban J connectivity index is 2.62. The fraction of sp³-hybridized carbons (Fsp3) is 0.500. The Morgan fingerprint density at radius 3 is 3.08 bits per heavy atom. The van der Waals surface area contributed by atoms with Crippen molar-refractivity contribution < 1.29 is 13.9 Å². The molecule has 0 fully saturated rings. The van der Waals surface area contributed by atoms with Crippen molar-refractivity contribution in [3.63, 3.8) is 0 Å². The van der Waals surface area contributed by atoms with Gasteiger partial charge < -0.3 is 14.5 Å².